The summed E-state index contributed by atoms with van der Waals surface area (Å²) < 4.78 is 0. The lowest BCUT2D eigenvalue weighted by Crippen LogP contribution is -2.54. The van der Waals surface area contributed by atoms with Gasteiger partial charge < -0.3 is 10.8 Å². The second-order valence-corrected chi connectivity index (χ2v) is 5.31. The Morgan fingerprint density at radius 3 is 2.35 bits per heavy atom. The predicted molar refractivity (Wildman–Crippen MR) is 70.6 cm³/mol. The van der Waals surface area contributed by atoms with Gasteiger partial charge in [-0.25, -0.2) is 0 Å². The van der Waals surface area contributed by atoms with E-state index in [4.69, 9.17) is 5.73 Å². The van der Waals surface area contributed by atoms with Crippen LogP contribution in [0.3, 0.4) is 0 Å². The molecule has 1 aliphatic rings. The maximum atomic E-state index is 11.2. The van der Waals surface area contributed by atoms with Crippen molar-refractivity contribution in [2.75, 3.05) is 6.54 Å². The van der Waals surface area contributed by atoms with Crippen LogP contribution in [0.25, 0.3) is 0 Å². The van der Waals surface area contributed by atoms with Crippen LogP contribution in [0.15, 0.2) is 30.3 Å². The number of rotatable bonds is 5. The quantitative estimate of drug-likeness (QED) is 0.821. The summed E-state index contributed by atoms with van der Waals surface area (Å²) in [5, 5.41) is 11.2. The van der Waals surface area contributed by atoms with Crippen LogP contribution in [0.1, 0.15) is 44.6 Å². The van der Waals surface area contributed by atoms with E-state index in [0.29, 0.717) is 6.54 Å². The Morgan fingerprint density at radius 1 is 1.29 bits per heavy atom. The van der Waals surface area contributed by atoms with Crippen LogP contribution < -0.4 is 5.73 Å². The van der Waals surface area contributed by atoms with E-state index >= 15 is 0 Å². The van der Waals surface area contributed by atoms with Gasteiger partial charge in [-0.3, -0.25) is 0 Å². The second kappa shape index (κ2) is 4.79. The molecule has 0 spiro atoms. The van der Waals surface area contributed by atoms with Crippen molar-refractivity contribution in [1.29, 1.82) is 0 Å². The van der Waals surface area contributed by atoms with Gasteiger partial charge in [-0.05, 0) is 24.8 Å². The summed E-state index contributed by atoms with van der Waals surface area (Å²) in [7, 11) is 0. The molecule has 2 nitrogen and oxygen atoms in total. The molecule has 0 aliphatic heterocycles. The Hall–Kier alpha value is -0.860. The summed E-state index contributed by atoms with van der Waals surface area (Å²) in [4.78, 5) is 0. The first kappa shape index (κ1) is 12.6. The van der Waals surface area contributed by atoms with Gasteiger partial charge in [-0.2, -0.15) is 0 Å². The molecule has 1 saturated carbocycles. The molecule has 1 unspecified atom stereocenters. The van der Waals surface area contributed by atoms with Crippen molar-refractivity contribution in [3.05, 3.63) is 35.9 Å². The third kappa shape index (κ3) is 1.90. The molecule has 1 atom stereocenters. The highest BCUT2D eigenvalue weighted by molar-refractivity contribution is 5.27. The Balaban J connectivity index is 2.38. The summed E-state index contributed by atoms with van der Waals surface area (Å²) in [5.74, 6) is 0. The van der Waals surface area contributed by atoms with Crippen LogP contribution in [0.4, 0.5) is 0 Å². The average Bonchev–Trinajstić information content (AvgIpc) is 2.30. The van der Waals surface area contributed by atoms with Crippen molar-refractivity contribution in [1.82, 2.24) is 0 Å². The minimum Gasteiger partial charge on any atom is -0.385 e. The minimum absolute atomic E-state index is 0.0929. The summed E-state index contributed by atoms with van der Waals surface area (Å²) in [5.41, 5.74) is 6.16. The number of nitrogens with two attached hydrogens (primary N) is 1. The zero-order valence-electron chi connectivity index (χ0n) is 10.7. The Bertz CT molecular complexity index is 353. The minimum atomic E-state index is -0.740. The fourth-order valence-corrected chi connectivity index (χ4v) is 3.18. The van der Waals surface area contributed by atoms with Crippen molar-refractivity contribution in [3.63, 3.8) is 0 Å². The SMILES string of the molecule is CCCC(O)(c1ccccc1)C1(CN)CCC1. The van der Waals surface area contributed by atoms with E-state index in [1.165, 1.54) is 6.42 Å². The van der Waals surface area contributed by atoms with E-state index < -0.39 is 5.60 Å². The van der Waals surface area contributed by atoms with Gasteiger partial charge in [0.15, 0.2) is 0 Å². The molecule has 2 heteroatoms. The maximum absolute atomic E-state index is 11.2. The van der Waals surface area contributed by atoms with Crippen molar-refractivity contribution >= 4 is 0 Å². The van der Waals surface area contributed by atoms with Gasteiger partial charge in [0.05, 0.1) is 5.60 Å². The smallest absolute Gasteiger partial charge is 0.0964 e. The predicted octanol–water partition coefficient (Wildman–Crippen LogP) is 2.80. The lowest BCUT2D eigenvalue weighted by molar-refractivity contribution is -0.135. The highest BCUT2D eigenvalue weighted by Gasteiger charge is 2.53. The van der Waals surface area contributed by atoms with Crippen LogP contribution in [0.5, 0.6) is 0 Å². The maximum Gasteiger partial charge on any atom is 0.0964 e. The molecule has 94 valence electrons. The van der Waals surface area contributed by atoms with Gasteiger partial charge in [-0.15, -0.1) is 0 Å². The van der Waals surface area contributed by atoms with E-state index in [1.807, 2.05) is 30.3 Å². The molecule has 0 heterocycles. The third-order valence-corrected chi connectivity index (χ3v) is 4.44. The fourth-order valence-electron chi connectivity index (χ4n) is 3.18. The Kier molecular flexibility index (Phi) is 3.55. The molecule has 1 aromatic carbocycles. The van der Waals surface area contributed by atoms with Crippen molar-refractivity contribution < 1.29 is 5.11 Å². The fraction of sp³-hybridized carbons (Fsp3) is 0.600. The lowest BCUT2D eigenvalue weighted by atomic mass is 9.55. The Labute approximate surface area is 104 Å². The van der Waals surface area contributed by atoms with Gasteiger partial charge in [0.2, 0.25) is 0 Å². The second-order valence-electron chi connectivity index (χ2n) is 5.31. The van der Waals surface area contributed by atoms with E-state index in [1.54, 1.807) is 0 Å². The first-order valence-electron chi connectivity index (χ1n) is 6.66. The number of hydrogen-bond donors (Lipinski definition) is 2. The first-order chi connectivity index (χ1) is 8.18. The molecule has 0 aromatic heterocycles. The highest BCUT2D eigenvalue weighted by Crippen LogP contribution is 2.55. The van der Waals surface area contributed by atoms with Gasteiger partial charge in [0.25, 0.3) is 0 Å². The summed E-state index contributed by atoms with van der Waals surface area (Å²) in [6.07, 6.45) is 5.07. The zero-order valence-corrected chi connectivity index (χ0v) is 10.7. The monoisotopic (exact) mass is 233 g/mol. The standard InChI is InChI=1S/C15H23NO/c1-2-9-15(17,13-7-4-3-5-8-13)14(12-16)10-6-11-14/h3-5,7-8,17H,2,6,9-12,16H2,1H3. The summed E-state index contributed by atoms with van der Waals surface area (Å²) in [6.45, 7) is 2.70. The number of aliphatic hydroxyl groups is 1. The third-order valence-electron chi connectivity index (χ3n) is 4.44. The van der Waals surface area contributed by atoms with Gasteiger partial charge in [0, 0.05) is 12.0 Å². The van der Waals surface area contributed by atoms with Crippen molar-refractivity contribution in [2.24, 2.45) is 11.1 Å². The first-order valence-corrected chi connectivity index (χ1v) is 6.66. The summed E-state index contributed by atoms with van der Waals surface area (Å²) in [6, 6.07) is 10.1. The molecule has 3 N–H and O–H groups in total. The van der Waals surface area contributed by atoms with Gasteiger partial charge in [-0.1, -0.05) is 50.1 Å². The van der Waals surface area contributed by atoms with Crippen LogP contribution >= 0.6 is 0 Å². The lowest BCUT2D eigenvalue weighted by Gasteiger charge is -2.53. The zero-order chi connectivity index (χ0) is 12.4. The molecule has 17 heavy (non-hydrogen) atoms. The molecule has 1 aliphatic carbocycles. The molecule has 1 aromatic rings. The van der Waals surface area contributed by atoms with Gasteiger partial charge >= 0.3 is 0 Å². The molecule has 2 rings (SSSR count). The van der Waals surface area contributed by atoms with Crippen LogP contribution in [0.2, 0.25) is 0 Å². The molecule has 0 radical (unpaired) electrons. The average molecular weight is 233 g/mol. The molecular formula is C15H23NO. The largest absolute Gasteiger partial charge is 0.385 e. The van der Waals surface area contributed by atoms with Crippen molar-refractivity contribution in [2.45, 2.75) is 44.6 Å². The molecule has 0 saturated heterocycles. The van der Waals surface area contributed by atoms with Gasteiger partial charge in [0.1, 0.15) is 0 Å². The van der Waals surface area contributed by atoms with Crippen LogP contribution in [0, 0.1) is 5.41 Å². The molecule has 0 amide bonds. The Morgan fingerprint density at radius 2 is 1.94 bits per heavy atom. The molecular weight excluding hydrogens is 210 g/mol. The van der Waals surface area contributed by atoms with E-state index in [0.717, 1.165) is 31.2 Å². The van der Waals surface area contributed by atoms with E-state index in [9.17, 15) is 5.11 Å². The summed E-state index contributed by atoms with van der Waals surface area (Å²) >= 11 is 0. The van der Waals surface area contributed by atoms with Crippen LogP contribution in [-0.4, -0.2) is 11.7 Å². The number of benzene rings is 1. The van der Waals surface area contributed by atoms with E-state index in [-0.39, 0.29) is 5.41 Å². The van der Waals surface area contributed by atoms with E-state index in [2.05, 4.69) is 6.92 Å². The number of hydrogen-bond acceptors (Lipinski definition) is 2. The van der Waals surface area contributed by atoms with Crippen molar-refractivity contribution in [3.8, 4) is 0 Å². The highest BCUT2D eigenvalue weighted by atomic mass is 16.3. The molecule has 1 fully saturated rings. The van der Waals surface area contributed by atoms with Crippen LogP contribution in [-0.2, 0) is 5.60 Å². The topological polar surface area (TPSA) is 46.2 Å². The molecule has 0 bridgehead atoms. The normalized spacial score (nSPS) is 21.6.